The summed E-state index contributed by atoms with van der Waals surface area (Å²) in [4.78, 5) is 17.6. The third-order valence-electron chi connectivity index (χ3n) is 7.98. The minimum absolute atomic E-state index is 0.0321. The zero-order valence-corrected chi connectivity index (χ0v) is 17.6. The van der Waals surface area contributed by atoms with Gasteiger partial charge < -0.3 is 15.1 Å². The maximum atomic E-state index is 13.4. The number of hydrogen-bond donors (Lipinski definition) is 2. The Labute approximate surface area is 168 Å². The molecule has 3 aliphatic rings. The second-order valence-corrected chi connectivity index (χ2v) is 9.44. The van der Waals surface area contributed by atoms with Crippen LogP contribution < -0.4 is 5.32 Å². The van der Waals surface area contributed by atoms with E-state index in [0.29, 0.717) is 5.69 Å². The van der Waals surface area contributed by atoms with Crippen molar-refractivity contribution in [3.05, 3.63) is 23.3 Å². The Kier molecular flexibility index (Phi) is 4.63. The van der Waals surface area contributed by atoms with Crippen molar-refractivity contribution >= 4 is 17.4 Å². The molecule has 2 aliphatic heterocycles. The van der Waals surface area contributed by atoms with Crippen molar-refractivity contribution in [2.45, 2.75) is 64.3 Å². The molecular formula is C22H33N5O. The number of carbonyl (C=O) groups excluding carboxylic acids is 1. The minimum atomic E-state index is -0.0375. The van der Waals surface area contributed by atoms with E-state index in [1.165, 1.54) is 17.5 Å². The Morgan fingerprint density at radius 2 is 1.89 bits per heavy atom. The van der Waals surface area contributed by atoms with Gasteiger partial charge in [0.05, 0.1) is 5.69 Å². The molecule has 0 unspecified atom stereocenters. The van der Waals surface area contributed by atoms with Gasteiger partial charge in [-0.1, -0.05) is 20.8 Å². The number of likely N-dealkylation sites (tertiary alicyclic amines) is 2. The molecule has 2 heterocycles. The van der Waals surface area contributed by atoms with E-state index in [4.69, 9.17) is 5.53 Å². The van der Waals surface area contributed by atoms with Gasteiger partial charge in [0.15, 0.2) is 0 Å². The zero-order valence-electron chi connectivity index (χ0n) is 17.6. The first-order valence-electron chi connectivity index (χ1n) is 10.6. The Morgan fingerprint density at radius 3 is 2.54 bits per heavy atom. The maximum absolute atomic E-state index is 13.4. The van der Waals surface area contributed by atoms with E-state index in [2.05, 4.69) is 53.1 Å². The summed E-state index contributed by atoms with van der Waals surface area (Å²) in [6.45, 7) is 9.58. The van der Waals surface area contributed by atoms with Crippen LogP contribution in [0.4, 0.5) is 16.2 Å². The van der Waals surface area contributed by atoms with Crippen LogP contribution in [0.1, 0.15) is 57.6 Å². The zero-order chi connectivity index (χ0) is 20.1. The Bertz CT molecular complexity index is 798. The summed E-state index contributed by atoms with van der Waals surface area (Å²) in [7, 11) is 1.87. The molecule has 6 nitrogen and oxygen atoms in total. The number of amides is 2. The molecule has 6 heteroatoms. The smallest absolute Gasteiger partial charge is 0.320 e. The normalized spacial score (nSPS) is 28.5. The minimum Gasteiger partial charge on any atom is -0.386 e. The SMILES string of the molecule is CNc1cc2c(cc1N=N)[C@]1(C)CCN(C(=O)N3CCCCC3)[C@H](C2)C1(C)C. The van der Waals surface area contributed by atoms with Crippen molar-refractivity contribution in [1.82, 2.24) is 9.80 Å². The predicted molar refractivity (Wildman–Crippen MR) is 112 cm³/mol. The lowest BCUT2D eigenvalue weighted by Crippen LogP contribution is -2.66. The van der Waals surface area contributed by atoms with Gasteiger partial charge >= 0.3 is 6.03 Å². The van der Waals surface area contributed by atoms with Crippen LogP contribution in [0.2, 0.25) is 0 Å². The number of piperidine rings is 2. The van der Waals surface area contributed by atoms with Gasteiger partial charge in [-0.3, -0.25) is 0 Å². The number of urea groups is 1. The molecule has 2 bridgehead atoms. The van der Waals surface area contributed by atoms with E-state index in [9.17, 15) is 4.79 Å². The molecule has 2 atom stereocenters. The van der Waals surface area contributed by atoms with Gasteiger partial charge in [-0.05, 0) is 60.8 Å². The lowest BCUT2D eigenvalue weighted by Gasteiger charge is -2.61. The molecule has 2 amide bonds. The molecule has 0 aromatic heterocycles. The molecule has 28 heavy (non-hydrogen) atoms. The van der Waals surface area contributed by atoms with E-state index in [-0.39, 0.29) is 22.9 Å². The van der Waals surface area contributed by atoms with Crippen LogP contribution in [0.25, 0.3) is 0 Å². The number of nitrogens with one attached hydrogen (secondary N) is 2. The van der Waals surface area contributed by atoms with Gasteiger partial charge in [-0.15, -0.1) is 0 Å². The fraction of sp³-hybridized carbons (Fsp3) is 0.682. The maximum Gasteiger partial charge on any atom is 0.320 e. The summed E-state index contributed by atoms with van der Waals surface area (Å²) in [5, 5.41) is 6.93. The molecule has 2 fully saturated rings. The monoisotopic (exact) mass is 383 g/mol. The molecule has 2 N–H and O–H groups in total. The summed E-state index contributed by atoms with van der Waals surface area (Å²) in [5.74, 6) is 0. The van der Waals surface area contributed by atoms with Crippen LogP contribution in [0.5, 0.6) is 0 Å². The van der Waals surface area contributed by atoms with Gasteiger partial charge in [0.1, 0.15) is 5.69 Å². The highest BCUT2D eigenvalue weighted by Gasteiger charge is 2.57. The molecule has 1 aromatic rings. The Morgan fingerprint density at radius 1 is 1.18 bits per heavy atom. The largest absolute Gasteiger partial charge is 0.386 e. The molecular weight excluding hydrogens is 350 g/mol. The van der Waals surface area contributed by atoms with Crippen molar-refractivity contribution < 1.29 is 4.79 Å². The Hall–Kier alpha value is -2.11. The van der Waals surface area contributed by atoms with E-state index >= 15 is 0 Å². The van der Waals surface area contributed by atoms with Crippen LogP contribution in [-0.2, 0) is 11.8 Å². The summed E-state index contributed by atoms with van der Waals surface area (Å²) in [6, 6.07) is 4.68. The van der Waals surface area contributed by atoms with E-state index in [1.807, 2.05) is 7.05 Å². The van der Waals surface area contributed by atoms with Crippen molar-refractivity contribution in [2.24, 2.45) is 10.5 Å². The topological polar surface area (TPSA) is 71.8 Å². The second-order valence-electron chi connectivity index (χ2n) is 9.44. The van der Waals surface area contributed by atoms with Crippen molar-refractivity contribution in [3.8, 4) is 0 Å². The summed E-state index contributed by atoms with van der Waals surface area (Å²) >= 11 is 0. The van der Waals surface area contributed by atoms with Gasteiger partial charge in [-0.25, -0.2) is 10.3 Å². The van der Waals surface area contributed by atoms with Gasteiger partial charge in [0.25, 0.3) is 0 Å². The predicted octanol–water partition coefficient (Wildman–Crippen LogP) is 4.91. The highest BCUT2D eigenvalue weighted by Crippen LogP contribution is 2.57. The van der Waals surface area contributed by atoms with E-state index in [1.54, 1.807) is 0 Å². The number of hydrogen-bond acceptors (Lipinski definition) is 4. The molecule has 1 aromatic carbocycles. The van der Waals surface area contributed by atoms with Crippen molar-refractivity contribution in [1.29, 1.82) is 5.53 Å². The number of carbonyl (C=O) groups is 1. The molecule has 0 saturated carbocycles. The fourth-order valence-electron chi connectivity index (χ4n) is 5.74. The third kappa shape index (κ3) is 2.64. The summed E-state index contributed by atoms with van der Waals surface area (Å²) in [6.07, 6.45) is 5.29. The second kappa shape index (κ2) is 6.75. The van der Waals surface area contributed by atoms with Crippen molar-refractivity contribution in [2.75, 3.05) is 32.0 Å². The lowest BCUT2D eigenvalue weighted by atomic mass is 9.51. The first-order chi connectivity index (χ1) is 13.3. The van der Waals surface area contributed by atoms with Crippen LogP contribution >= 0.6 is 0 Å². The molecule has 1 aliphatic carbocycles. The number of fused-ring (bicyclic) bond motifs is 4. The number of benzene rings is 1. The molecule has 0 spiro atoms. The van der Waals surface area contributed by atoms with Crippen LogP contribution in [0.3, 0.4) is 0 Å². The molecule has 152 valence electrons. The fourth-order valence-corrected chi connectivity index (χ4v) is 5.74. The Balaban J connectivity index is 1.74. The highest BCUT2D eigenvalue weighted by atomic mass is 16.2. The average molecular weight is 384 g/mol. The molecule has 0 radical (unpaired) electrons. The highest BCUT2D eigenvalue weighted by molar-refractivity contribution is 5.76. The summed E-state index contributed by atoms with van der Waals surface area (Å²) in [5.41, 5.74) is 11.7. The van der Waals surface area contributed by atoms with Gasteiger partial charge in [-0.2, -0.15) is 5.11 Å². The van der Waals surface area contributed by atoms with E-state index in [0.717, 1.165) is 51.0 Å². The number of anilines is 1. The first kappa shape index (κ1) is 19.2. The number of rotatable bonds is 2. The first-order valence-corrected chi connectivity index (χ1v) is 10.6. The van der Waals surface area contributed by atoms with Crippen LogP contribution in [0, 0.1) is 10.9 Å². The summed E-state index contributed by atoms with van der Waals surface area (Å²) < 4.78 is 0. The van der Waals surface area contributed by atoms with Crippen molar-refractivity contribution in [3.63, 3.8) is 0 Å². The van der Waals surface area contributed by atoms with Gasteiger partial charge in [0.2, 0.25) is 0 Å². The quantitative estimate of drug-likeness (QED) is 0.712. The molecule has 2 saturated heterocycles. The standard InChI is InChI=1S/C22H33N5O/c1-21(2)19-13-15-12-17(24-4)18(25-23)14-16(15)22(21,3)8-11-27(19)20(28)26-9-6-5-7-10-26/h12,14,19,23-24H,5-11,13H2,1-4H3/t19-,22+/m1/s1. The average Bonchev–Trinajstić information content (AvgIpc) is 2.70. The van der Waals surface area contributed by atoms with Gasteiger partial charge in [0, 0.05) is 38.1 Å². The molecule has 4 rings (SSSR count). The number of nitrogens with zero attached hydrogens (tertiary/aromatic N) is 3. The lowest BCUT2D eigenvalue weighted by molar-refractivity contribution is -0.0241. The van der Waals surface area contributed by atoms with E-state index < -0.39 is 0 Å². The third-order valence-corrected chi connectivity index (χ3v) is 7.98. The van der Waals surface area contributed by atoms with Crippen LogP contribution in [-0.4, -0.2) is 48.6 Å². The van der Waals surface area contributed by atoms with Crippen LogP contribution in [0.15, 0.2) is 17.2 Å².